The minimum Gasteiger partial charge on any atom is -0.456 e. The minimum atomic E-state index is 0.825. The molecule has 0 aliphatic rings. The molecule has 0 aliphatic carbocycles. The Morgan fingerprint density at radius 2 is 0.929 bits per heavy atom. The van der Waals surface area contributed by atoms with Gasteiger partial charge in [-0.2, -0.15) is 0 Å². The summed E-state index contributed by atoms with van der Waals surface area (Å²) in [5, 5.41) is 6.70. The number of aromatic nitrogens is 1. The lowest BCUT2D eigenvalue weighted by Gasteiger charge is -2.07. The second-order valence-electron chi connectivity index (χ2n) is 10.8. The van der Waals surface area contributed by atoms with Crippen LogP contribution < -0.4 is 0 Å². The number of hydrogen-bond acceptors (Lipinski definition) is 3. The van der Waals surface area contributed by atoms with Gasteiger partial charge in [0.05, 0.1) is 5.69 Å². The summed E-state index contributed by atoms with van der Waals surface area (Å²) in [6.45, 7) is 0. The van der Waals surface area contributed by atoms with Gasteiger partial charge < -0.3 is 8.83 Å². The number of pyridine rings is 1. The number of nitrogens with zero attached hydrogens (tertiary/aromatic N) is 1. The van der Waals surface area contributed by atoms with E-state index in [4.69, 9.17) is 13.8 Å². The first kappa shape index (κ1) is 23.1. The maximum Gasteiger partial charge on any atom is 0.139 e. The van der Waals surface area contributed by atoms with E-state index in [1.807, 2.05) is 24.4 Å². The van der Waals surface area contributed by atoms with E-state index in [1.165, 1.54) is 16.5 Å². The Hall–Kier alpha value is -5.67. The van der Waals surface area contributed by atoms with Crippen molar-refractivity contribution in [2.45, 2.75) is 0 Å². The van der Waals surface area contributed by atoms with Crippen LogP contribution >= 0.6 is 0 Å². The van der Waals surface area contributed by atoms with Crippen LogP contribution in [0.15, 0.2) is 148 Å². The summed E-state index contributed by atoms with van der Waals surface area (Å²) in [5.74, 6) is 0. The van der Waals surface area contributed by atoms with Gasteiger partial charge in [-0.15, -0.1) is 0 Å². The van der Waals surface area contributed by atoms with Crippen LogP contribution in [0, 0.1) is 0 Å². The predicted molar refractivity (Wildman–Crippen MR) is 173 cm³/mol. The van der Waals surface area contributed by atoms with Crippen LogP contribution in [0.1, 0.15) is 0 Å². The van der Waals surface area contributed by atoms with Crippen molar-refractivity contribution in [2.24, 2.45) is 0 Å². The van der Waals surface area contributed by atoms with Crippen molar-refractivity contribution in [1.29, 1.82) is 0 Å². The third kappa shape index (κ3) is 3.64. The van der Waals surface area contributed by atoms with Gasteiger partial charge in [-0.25, -0.2) is 0 Å². The molecule has 3 heterocycles. The number of hydrogen-bond donors (Lipinski definition) is 0. The zero-order valence-electron chi connectivity index (χ0n) is 22.5. The van der Waals surface area contributed by atoms with Crippen LogP contribution in [-0.4, -0.2) is 4.98 Å². The Balaban J connectivity index is 1.18. The highest BCUT2D eigenvalue weighted by Gasteiger charge is 2.15. The highest BCUT2D eigenvalue weighted by molar-refractivity contribution is 6.16. The largest absolute Gasteiger partial charge is 0.456 e. The van der Waals surface area contributed by atoms with Gasteiger partial charge in [-0.3, -0.25) is 4.98 Å². The molecule has 6 aromatic carbocycles. The molecule has 3 aromatic heterocycles. The number of fused-ring (bicyclic) bond motifs is 7. The summed E-state index contributed by atoms with van der Waals surface area (Å²) in [6.07, 6.45) is 1.95. The molecule has 0 amide bonds. The van der Waals surface area contributed by atoms with Gasteiger partial charge in [0.1, 0.15) is 22.3 Å². The van der Waals surface area contributed by atoms with E-state index in [0.29, 0.717) is 0 Å². The van der Waals surface area contributed by atoms with Gasteiger partial charge >= 0.3 is 0 Å². The fraction of sp³-hybridized carbons (Fsp3) is 0. The number of furan rings is 2. The molecule has 9 rings (SSSR count). The molecule has 9 aromatic rings. The van der Waals surface area contributed by atoms with Gasteiger partial charge in [-0.1, -0.05) is 84.9 Å². The predicted octanol–water partition coefficient (Wildman–Crippen LogP) is 11.0. The van der Waals surface area contributed by atoms with Crippen molar-refractivity contribution in [2.75, 3.05) is 0 Å². The highest BCUT2D eigenvalue weighted by Crippen LogP contribution is 2.39. The van der Waals surface area contributed by atoms with Crippen molar-refractivity contribution < 1.29 is 8.83 Å². The van der Waals surface area contributed by atoms with E-state index in [2.05, 4.69) is 115 Å². The van der Waals surface area contributed by atoms with Crippen LogP contribution in [0.5, 0.6) is 0 Å². The molecule has 0 fully saturated rings. The quantitative estimate of drug-likeness (QED) is 0.225. The van der Waals surface area contributed by atoms with Crippen LogP contribution in [0.25, 0.3) is 88.2 Å². The normalized spacial score (nSPS) is 11.8. The SMILES string of the molecule is c1ccc(-c2ccc3oc4cc5oc6ccc(-c7cccc(-c8cc9ccccc9cn8)c7)cc6c5cc4c3c2)cc1. The molecule has 0 aliphatic heterocycles. The molecular weight excluding hydrogens is 514 g/mol. The van der Waals surface area contributed by atoms with Crippen molar-refractivity contribution in [1.82, 2.24) is 4.98 Å². The fourth-order valence-corrected chi connectivity index (χ4v) is 6.14. The standard InChI is InChI=1S/C39H23NO2/c1-2-7-24(8-3-1)27-13-15-36-31(18-27)33-21-34-32-19-28(14-16-37(32)42-39(34)22-38(33)41-36)25-11-6-12-29(17-25)35-20-26-9-4-5-10-30(26)23-40-35/h1-23H. The Bertz CT molecular complexity index is 2470. The van der Waals surface area contributed by atoms with Gasteiger partial charge in [-0.05, 0) is 70.1 Å². The summed E-state index contributed by atoms with van der Waals surface area (Å²) in [7, 11) is 0. The van der Waals surface area contributed by atoms with Crippen molar-refractivity contribution >= 4 is 54.6 Å². The number of benzene rings is 6. The molecule has 0 atom stereocenters. The lowest BCUT2D eigenvalue weighted by atomic mass is 9.98. The number of rotatable bonds is 3. The smallest absolute Gasteiger partial charge is 0.139 e. The van der Waals surface area contributed by atoms with Crippen molar-refractivity contribution in [3.05, 3.63) is 140 Å². The van der Waals surface area contributed by atoms with Crippen LogP contribution in [0.3, 0.4) is 0 Å². The fourth-order valence-electron chi connectivity index (χ4n) is 6.14. The Kier molecular flexibility index (Phi) is 4.90. The monoisotopic (exact) mass is 537 g/mol. The summed E-state index contributed by atoms with van der Waals surface area (Å²) in [4.78, 5) is 4.74. The summed E-state index contributed by atoms with van der Waals surface area (Å²) < 4.78 is 12.6. The zero-order chi connectivity index (χ0) is 27.6. The second-order valence-corrected chi connectivity index (χ2v) is 10.8. The van der Waals surface area contributed by atoms with Gasteiger partial charge in [0.25, 0.3) is 0 Å². The van der Waals surface area contributed by atoms with Gasteiger partial charge in [0, 0.05) is 44.8 Å². The van der Waals surface area contributed by atoms with E-state index < -0.39 is 0 Å². The molecular formula is C39H23NO2. The van der Waals surface area contributed by atoms with Crippen LogP contribution in [0.4, 0.5) is 0 Å². The molecule has 196 valence electrons. The van der Waals surface area contributed by atoms with E-state index >= 15 is 0 Å². The Morgan fingerprint density at radius 1 is 0.357 bits per heavy atom. The van der Waals surface area contributed by atoms with Gasteiger partial charge in [0.2, 0.25) is 0 Å². The van der Waals surface area contributed by atoms with E-state index in [0.717, 1.165) is 71.6 Å². The van der Waals surface area contributed by atoms with Crippen LogP contribution in [-0.2, 0) is 0 Å². The average Bonchev–Trinajstić information content (AvgIpc) is 3.60. The zero-order valence-corrected chi connectivity index (χ0v) is 22.5. The lowest BCUT2D eigenvalue weighted by Crippen LogP contribution is -1.85. The molecule has 3 heteroatoms. The molecule has 0 unspecified atom stereocenters. The van der Waals surface area contributed by atoms with Crippen molar-refractivity contribution in [3.63, 3.8) is 0 Å². The van der Waals surface area contributed by atoms with E-state index in [-0.39, 0.29) is 0 Å². The minimum absolute atomic E-state index is 0.825. The highest BCUT2D eigenvalue weighted by atomic mass is 16.3. The average molecular weight is 538 g/mol. The lowest BCUT2D eigenvalue weighted by molar-refractivity contribution is 0.656. The first-order chi connectivity index (χ1) is 20.8. The maximum atomic E-state index is 6.30. The topological polar surface area (TPSA) is 39.2 Å². The van der Waals surface area contributed by atoms with Crippen LogP contribution in [0.2, 0.25) is 0 Å². The van der Waals surface area contributed by atoms with E-state index in [9.17, 15) is 0 Å². The first-order valence-corrected chi connectivity index (χ1v) is 14.1. The molecule has 0 saturated carbocycles. The summed E-state index contributed by atoms with van der Waals surface area (Å²) >= 11 is 0. The second kappa shape index (κ2) is 8.92. The Morgan fingerprint density at radius 3 is 1.67 bits per heavy atom. The summed E-state index contributed by atoms with van der Waals surface area (Å²) in [5.41, 5.74) is 10.1. The molecule has 0 N–H and O–H groups in total. The van der Waals surface area contributed by atoms with E-state index in [1.54, 1.807) is 0 Å². The molecule has 0 spiro atoms. The molecule has 0 saturated heterocycles. The summed E-state index contributed by atoms with van der Waals surface area (Å²) in [6, 6.07) is 46.6. The van der Waals surface area contributed by atoms with Gasteiger partial charge in [0.15, 0.2) is 0 Å². The molecule has 42 heavy (non-hydrogen) atoms. The Labute approximate surface area is 241 Å². The molecule has 0 radical (unpaired) electrons. The first-order valence-electron chi connectivity index (χ1n) is 14.1. The third-order valence-electron chi connectivity index (χ3n) is 8.29. The van der Waals surface area contributed by atoms with Crippen molar-refractivity contribution in [3.8, 4) is 33.5 Å². The molecule has 3 nitrogen and oxygen atoms in total. The maximum absolute atomic E-state index is 6.30. The third-order valence-corrected chi connectivity index (χ3v) is 8.29. The molecule has 0 bridgehead atoms.